The van der Waals surface area contributed by atoms with Crippen molar-refractivity contribution in [2.75, 3.05) is 20.2 Å². The largest absolute Gasteiger partial charge is 0.496 e. The number of carbonyl (C=O) groups excluding carboxylic acids is 1. The summed E-state index contributed by atoms with van der Waals surface area (Å²) in [5, 5.41) is 9.10. The van der Waals surface area contributed by atoms with Crippen LogP contribution < -0.4 is 20.7 Å². The average molecular weight is 462 g/mol. The Bertz CT molecular complexity index is 583. The van der Waals surface area contributed by atoms with E-state index in [2.05, 4.69) is 20.9 Å². The number of nitrogens with zero attached hydrogens (tertiary/aromatic N) is 1. The quantitative estimate of drug-likeness (QED) is 0.345. The molecule has 0 saturated heterocycles. The number of halogens is 1. The third-order valence-corrected chi connectivity index (χ3v) is 3.13. The number of carbonyl (C=O) groups is 1. The molecule has 0 unspecified atom stereocenters. The van der Waals surface area contributed by atoms with E-state index < -0.39 is 0 Å². The average Bonchev–Trinajstić information content (AvgIpc) is 2.49. The van der Waals surface area contributed by atoms with E-state index in [1.165, 1.54) is 0 Å². The zero-order valence-corrected chi connectivity index (χ0v) is 18.4. The van der Waals surface area contributed by atoms with Crippen LogP contribution in [0, 0.1) is 6.92 Å². The fourth-order valence-corrected chi connectivity index (χ4v) is 2.11. The van der Waals surface area contributed by atoms with E-state index in [1.54, 1.807) is 7.11 Å². The molecule has 0 aromatic heterocycles. The van der Waals surface area contributed by atoms with Gasteiger partial charge in [-0.2, -0.15) is 0 Å². The van der Waals surface area contributed by atoms with Crippen LogP contribution >= 0.6 is 24.0 Å². The zero-order valence-electron chi connectivity index (χ0n) is 16.0. The first kappa shape index (κ1) is 23.5. The van der Waals surface area contributed by atoms with E-state index in [4.69, 9.17) is 4.74 Å². The van der Waals surface area contributed by atoms with E-state index in [1.807, 2.05) is 52.8 Å². The van der Waals surface area contributed by atoms with Gasteiger partial charge in [-0.3, -0.25) is 4.79 Å². The summed E-state index contributed by atoms with van der Waals surface area (Å²) < 4.78 is 5.40. The van der Waals surface area contributed by atoms with Crippen molar-refractivity contribution in [1.29, 1.82) is 0 Å². The maximum atomic E-state index is 11.9. The Labute approximate surface area is 168 Å². The predicted molar refractivity (Wildman–Crippen MR) is 114 cm³/mol. The molecule has 1 aromatic rings. The summed E-state index contributed by atoms with van der Waals surface area (Å²) in [6.45, 7) is 11.2. The van der Waals surface area contributed by atoms with Crippen LogP contribution in [-0.2, 0) is 11.3 Å². The van der Waals surface area contributed by atoms with Gasteiger partial charge in [-0.05, 0) is 46.2 Å². The summed E-state index contributed by atoms with van der Waals surface area (Å²) in [6.07, 6.45) is 0. The van der Waals surface area contributed by atoms with Gasteiger partial charge in [0.2, 0.25) is 5.91 Å². The molecule has 0 heterocycles. The van der Waals surface area contributed by atoms with Gasteiger partial charge in [0, 0.05) is 17.6 Å². The minimum atomic E-state index is -0.247. The Balaban J connectivity index is 0.00000576. The van der Waals surface area contributed by atoms with Crippen LogP contribution in [0.3, 0.4) is 0 Å². The van der Waals surface area contributed by atoms with Crippen LogP contribution in [-0.4, -0.2) is 37.6 Å². The third-order valence-electron chi connectivity index (χ3n) is 3.13. The number of hydrogen-bond donors (Lipinski definition) is 3. The molecular formula is C18H31IN4O2. The molecule has 0 atom stereocenters. The smallest absolute Gasteiger partial charge is 0.239 e. The molecule has 0 fully saturated rings. The molecule has 1 amide bonds. The van der Waals surface area contributed by atoms with Crippen molar-refractivity contribution < 1.29 is 9.53 Å². The van der Waals surface area contributed by atoms with Crippen LogP contribution in [0.1, 0.15) is 38.8 Å². The van der Waals surface area contributed by atoms with Gasteiger partial charge in [-0.15, -0.1) is 24.0 Å². The number of rotatable bonds is 6. The second-order valence-corrected chi connectivity index (χ2v) is 6.66. The molecule has 0 bridgehead atoms. The lowest BCUT2D eigenvalue weighted by molar-refractivity contribution is -0.121. The molecule has 0 radical (unpaired) electrons. The SMILES string of the molecule is CCNC(=NCc1ccc(C)cc1OC)NCC(=O)NC(C)(C)C.I. The summed E-state index contributed by atoms with van der Waals surface area (Å²) in [4.78, 5) is 16.4. The molecule has 7 heteroatoms. The number of amides is 1. The van der Waals surface area contributed by atoms with Crippen LogP contribution in [0.5, 0.6) is 5.75 Å². The highest BCUT2D eigenvalue weighted by molar-refractivity contribution is 14.0. The Hall–Kier alpha value is -1.51. The van der Waals surface area contributed by atoms with Crippen molar-refractivity contribution in [3.05, 3.63) is 29.3 Å². The number of ether oxygens (including phenoxy) is 1. The topological polar surface area (TPSA) is 74.8 Å². The number of nitrogens with one attached hydrogen (secondary N) is 3. The van der Waals surface area contributed by atoms with Crippen molar-refractivity contribution in [3.63, 3.8) is 0 Å². The van der Waals surface area contributed by atoms with E-state index >= 15 is 0 Å². The second kappa shape index (κ2) is 11.2. The number of guanidine groups is 1. The normalized spacial score (nSPS) is 11.4. The van der Waals surface area contributed by atoms with E-state index in [0.717, 1.165) is 23.4 Å². The summed E-state index contributed by atoms with van der Waals surface area (Å²) in [7, 11) is 1.66. The van der Waals surface area contributed by atoms with Crippen LogP contribution in [0.4, 0.5) is 0 Å². The minimum absolute atomic E-state index is 0. The molecule has 3 N–H and O–H groups in total. The van der Waals surface area contributed by atoms with Crippen molar-refractivity contribution in [2.24, 2.45) is 4.99 Å². The Kier molecular flexibility index (Phi) is 10.5. The van der Waals surface area contributed by atoms with Gasteiger partial charge >= 0.3 is 0 Å². The second-order valence-electron chi connectivity index (χ2n) is 6.66. The molecule has 0 aliphatic rings. The highest BCUT2D eigenvalue weighted by Gasteiger charge is 2.13. The monoisotopic (exact) mass is 462 g/mol. The van der Waals surface area contributed by atoms with Crippen molar-refractivity contribution >= 4 is 35.8 Å². The standard InChI is InChI=1S/C18H30N4O2.HI/c1-7-19-17(21-12-16(23)22-18(3,4)5)20-11-14-9-8-13(2)10-15(14)24-6;/h8-10H,7,11-12H2,1-6H3,(H,22,23)(H2,19,20,21);1H. The van der Waals surface area contributed by atoms with Crippen molar-refractivity contribution in [3.8, 4) is 5.75 Å². The molecule has 25 heavy (non-hydrogen) atoms. The van der Waals surface area contributed by atoms with Gasteiger partial charge in [-0.25, -0.2) is 4.99 Å². The first-order valence-corrected chi connectivity index (χ1v) is 8.22. The van der Waals surface area contributed by atoms with Gasteiger partial charge in [0.25, 0.3) is 0 Å². The molecular weight excluding hydrogens is 431 g/mol. The van der Waals surface area contributed by atoms with Gasteiger partial charge in [0.15, 0.2) is 5.96 Å². The summed E-state index contributed by atoms with van der Waals surface area (Å²) >= 11 is 0. The number of aryl methyl sites for hydroxylation is 1. The molecule has 142 valence electrons. The fourth-order valence-electron chi connectivity index (χ4n) is 2.11. The van der Waals surface area contributed by atoms with Crippen LogP contribution in [0.15, 0.2) is 23.2 Å². The van der Waals surface area contributed by atoms with Crippen molar-refractivity contribution in [2.45, 2.75) is 46.7 Å². The molecule has 0 aliphatic carbocycles. The Morgan fingerprint density at radius 2 is 1.92 bits per heavy atom. The minimum Gasteiger partial charge on any atom is -0.496 e. The Morgan fingerprint density at radius 3 is 2.48 bits per heavy atom. The lowest BCUT2D eigenvalue weighted by atomic mass is 10.1. The fraction of sp³-hybridized carbons (Fsp3) is 0.556. The van der Waals surface area contributed by atoms with Gasteiger partial charge in [0.05, 0.1) is 20.2 Å². The highest BCUT2D eigenvalue weighted by Crippen LogP contribution is 2.20. The molecule has 1 aromatic carbocycles. The third kappa shape index (κ3) is 9.52. The molecule has 1 rings (SSSR count). The van der Waals surface area contributed by atoms with Gasteiger partial charge in [0.1, 0.15) is 5.75 Å². The van der Waals surface area contributed by atoms with Crippen LogP contribution in [0.25, 0.3) is 0 Å². The lowest BCUT2D eigenvalue weighted by Gasteiger charge is -2.21. The molecule has 6 nitrogen and oxygen atoms in total. The van der Waals surface area contributed by atoms with Crippen LogP contribution in [0.2, 0.25) is 0 Å². The number of methoxy groups -OCH3 is 1. The molecule has 0 aliphatic heterocycles. The van der Waals surface area contributed by atoms with Gasteiger partial charge in [-0.1, -0.05) is 12.1 Å². The van der Waals surface area contributed by atoms with Gasteiger partial charge < -0.3 is 20.7 Å². The predicted octanol–water partition coefficient (Wildman–Crippen LogP) is 2.59. The van der Waals surface area contributed by atoms with Crippen molar-refractivity contribution in [1.82, 2.24) is 16.0 Å². The Morgan fingerprint density at radius 1 is 1.24 bits per heavy atom. The van der Waals surface area contributed by atoms with E-state index in [-0.39, 0.29) is 42.0 Å². The summed E-state index contributed by atoms with van der Waals surface area (Å²) in [6, 6.07) is 6.03. The first-order valence-electron chi connectivity index (χ1n) is 8.22. The van der Waals surface area contributed by atoms with E-state index in [9.17, 15) is 4.79 Å². The maximum Gasteiger partial charge on any atom is 0.239 e. The summed E-state index contributed by atoms with van der Waals surface area (Å²) in [5.74, 6) is 1.35. The van der Waals surface area contributed by atoms with E-state index in [0.29, 0.717) is 12.5 Å². The number of aliphatic imine (C=N–C) groups is 1. The summed E-state index contributed by atoms with van der Waals surface area (Å²) in [5.41, 5.74) is 1.90. The maximum absolute atomic E-state index is 11.9. The first-order chi connectivity index (χ1) is 11.2. The molecule has 0 spiro atoms. The zero-order chi connectivity index (χ0) is 18.2. The lowest BCUT2D eigenvalue weighted by Crippen LogP contribution is -2.48. The number of benzene rings is 1. The number of hydrogen-bond acceptors (Lipinski definition) is 3. The highest BCUT2D eigenvalue weighted by atomic mass is 127. The molecule has 0 saturated carbocycles.